The van der Waals surface area contributed by atoms with Gasteiger partial charge in [0.1, 0.15) is 19.0 Å². The Morgan fingerprint density at radius 2 is 1.88 bits per heavy atom. The number of carbonyl (C=O) groups is 1. The number of rotatable bonds is 11. The first kappa shape index (κ1) is 25.3. The molecule has 34 heavy (non-hydrogen) atoms. The SMILES string of the molecule is C=CCOc1ccc(C(=O)N/N=C/c2ccc(OCc3cccc(Cl)c3)c(Br)c2)cc1OCC. The van der Waals surface area contributed by atoms with E-state index in [-0.39, 0.29) is 5.91 Å². The lowest BCUT2D eigenvalue weighted by Gasteiger charge is -2.12. The molecule has 0 saturated heterocycles. The summed E-state index contributed by atoms with van der Waals surface area (Å²) in [6.07, 6.45) is 3.19. The van der Waals surface area contributed by atoms with Crippen LogP contribution in [0.2, 0.25) is 5.02 Å². The Bertz CT molecular complexity index is 1180. The van der Waals surface area contributed by atoms with Crippen LogP contribution >= 0.6 is 27.5 Å². The van der Waals surface area contributed by atoms with E-state index in [9.17, 15) is 4.79 Å². The van der Waals surface area contributed by atoms with Crippen molar-refractivity contribution in [1.29, 1.82) is 0 Å². The van der Waals surface area contributed by atoms with E-state index >= 15 is 0 Å². The van der Waals surface area contributed by atoms with Crippen molar-refractivity contribution in [2.24, 2.45) is 5.10 Å². The van der Waals surface area contributed by atoms with Gasteiger partial charge in [0.05, 0.1) is 17.3 Å². The van der Waals surface area contributed by atoms with Gasteiger partial charge in [-0.2, -0.15) is 5.10 Å². The van der Waals surface area contributed by atoms with Crippen LogP contribution in [0.3, 0.4) is 0 Å². The van der Waals surface area contributed by atoms with Gasteiger partial charge < -0.3 is 14.2 Å². The van der Waals surface area contributed by atoms with Crippen molar-refractivity contribution in [3.63, 3.8) is 0 Å². The third kappa shape index (κ3) is 7.37. The van der Waals surface area contributed by atoms with Crippen LogP contribution in [-0.4, -0.2) is 25.3 Å². The normalized spacial score (nSPS) is 10.7. The van der Waals surface area contributed by atoms with Crippen LogP contribution < -0.4 is 19.6 Å². The van der Waals surface area contributed by atoms with Crippen molar-refractivity contribution in [2.75, 3.05) is 13.2 Å². The number of benzene rings is 3. The minimum Gasteiger partial charge on any atom is -0.490 e. The van der Waals surface area contributed by atoms with Gasteiger partial charge in [0, 0.05) is 10.6 Å². The molecule has 0 spiro atoms. The smallest absolute Gasteiger partial charge is 0.271 e. The second kappa shape index (κ2) is 12.8. The molecule has 0 atom stereocenters. The Hall–Kier alpha value is -3.29. The van der Waals surface area contributed by atoms with Crippen LogP contribution in [0.15, 0.2) is 82.9 Å². The summed E-state index contributed by atoms with van der Waals surface area (Å²) in [6.45, 7) is 6.67. The number of halogens is 2. The Labute approximate surface area is 212 Å². The van der Waals surface area contributed by atoms with E-state index < -0.39 is 0 Å². The summed E-state index contributed by atoms with van der Waals surface area (Å²) in [5.74, 6) is 1.35. The van der Waals surface area contributed by atoms with Gasteiger partial charge in [-0.1, -0.05) is 36.4 Å². The van der Waals surface area contributed by atoms with E-state index in [4.69, 9.17) is 25.8 Å². The number of ether oxygens (including phenoxy) is 3. The van der Waals surface area contributed by atoms with Crippen molar-refractivity contribution in [3.8, 4) is 17.2 Å². The number of hydrogen-bond acceptors (Lipinski definition) is 5. The number of hydrogen-bond donors (Lipinski definition) is 1. The van der Waals surface area contributed by atoms with Gasteiger partial charge in [-0.3, -0.25) is 4.79 Å². The van der Waals surface area contributed by atoms with E-state index in [2.05, 4.69) is 33.0 Å². The molecule has 0 aromatic heterocycles. The Balaban J connectivity index is 1.60. The van der Waals surface area contributed by atoms with Gasteiger partial charge >= 0.3 is 0 Å². The fourth-order valence-electron chi connectivity index (χ4n) is 2.92. The number of carbonyl (C=O) groups excluding carboxylic acids is 1. The largest absolute Gasteiger partial charge is 0.490 e. The molecule has 0 heterocycles. The lowest BCUT2D eigenvalue weighted by atomic mass is 10.2. The van der Waals surface area contributed by atoms with Crippen molar-refractivity contribution < 1.29 is 19.0 Å². The summed E-state index contributed by atoms with van der Waals surface area (Å²) in [4.78, 5) is 12.5. The van der Waals surface area contributed by atoms with Gasteiger partial charge in [-0.15, -0.1) is 0 Å². The summed E-state index contributed by atoms with van der Waals surface area (Å²) >= 11 is 9.52. The van der Waals surface area contributed by atoms with Crippen LogP contribution in [0.5, 0.6) is 17.2 Å². The van der Waals surface area contributed by atoms with Gasteiger partial charge in [-0.05, 0) is 82.5 Å². The summed E-state index contributed by atoms with van der Waals surface area (Å²) in [5, 5.41) is 4.72. The van der Waals surface area contributed by atoms with E-state index in [1.165, 1.54) is 0 Å². The molecule has 0 saturated carbocycles. The molecule has 0 aliphatic heterocycles. The zero-order chi connectivity index (χ0) is 24.3. The average Bonchev–Trinajstić information content (AvgIpc) is 2.83. The van der Waals surface area contributed by atoms with E-state index in [1.54, 1.807) is 30.5 Å². The molecule has 1 amide bonds. The maximum atomic E-state index is 12.5. The van der Waals surface area contributed by atoms with Crippen LogP contribution in [0.1, 0.15) is 28.4 Å². The molecule has 6 nitrogen and oxygen atoms in total. The number of nitrogens with zero attached hydrogens (tertiary/aromatic N) is 1. The molecule has 0 bridgehead atoms. The van der Waals surface area contributed by atoms with Gasteiger partial charge in [-0.25, -0.2) is 5.43 Å². The lowest BCUT2D eigenvalue weighted by Crippen LogP contribution is -2.17. The molecular weight excluding hydrogens is 520 g/mol. The third-order valence-corrected chi connectivity index (χ3v) is 5.34. The molecule has 0 radical (unpaired) electrons. The molecule has 0 fully saturated rings. The fraction of sp³-hybridized carbons (Fsp3) is 0.154. The first-order valence-corrected chi connectivity index (χ1v) is 11.7. The second-order valence-corrected chi connectivity index (χ2v) is 8.29. The fourth-order valence-corrected chi connectivity index (χ4v) is 3.64. The van der Waals surface area contributed by atoms with Crippen LogP contribution in [0.4, 0.5) is 0 Å². The molecule has 3 aromatic rings. The Morgan fingerprint density at radius 1 is 1.06 bits per heavy atom. The lowest BCUT2D eigenvalue weighted by molar-refractivity contribution is 0.0954. The topological polar surface area (TPSA) is 69.2 Å². The minimum absolute atomic E-state index is 0.343. The molecule has 176 valence electrons. The summed E-state index contributed by atoms with van der Waals surface area (Å²) in [6, 6.07) is 18.0. The quantitative estimate of drug-likeness (QED) is 0.172. The highest BCUT2D eigenvalue weighted by Crippen LogP contribution is 2.29. The number of amides is 1. The molecule has 0 unspecified atom stereocenters. The minimum atomic E-state index is -0.368. The van der Waals surface area contributed by atoms with Gasteiger partial charge in [0.2, 0.25) is 0 Å². The Kier molecular flexibility index (Phi) is 9.55. The summed E-state index contributed by atoms with van der Waals surface area (Å²) < 4.78 is 17.7. The maximum Gasteiger partial charge on any atom is 0.271 e. The van der Waals surface area contributed by atoms with Crippen molar-refractivity contribution in [3.05, 3.63) is 99.5 Å². The van der Waals surface area contributed by atoms with Crippen molar-refractivity contribution in [2.45, 2.75) is 13.5 Å². The molecule has 3 rings (SSSR count). The van der Waals surface area contributed by atoms with Crippen molar-refractivity contribution >= 4 is 39.7 Å². The molecule has 0 aliphatic carbocycles. The van der Waals surface area contributed by atoms with Gasteiger partial charge in [0.25, 0.3) is 5.91 Å². The van der Waals surface area contributed by atoms with Crippen molar-refractivity contribution in [1.82, 2.24) is 5.43 Å². The molecule has 3 aromatic carbocycles. The highest BCUT2D eigenvalue weighted by atomic mass is 79.9. The molecule has 0 aliphatic rings. The van der Waals surface area contributed by atoms with E-state index in [0.29, 0.717) is 47.7 Å². The monoisotopic (exact) mass is 542 g/mol. The van der Waals surface area contributed by atoms with Gasteiger partial charge in [0.15, 0.2) is 11.5 Å². The molecular formula is C26H24BrClN2O4. The van der Waals surface area contributed by atoms with Crippen LogP contribution in [-0.2, 0) is 6.61 Å². The average molecular weight is 544 g/mol. The Morgan fingerprint density at radius 3 is 2.62 bits per heavy atom. The first-order chi connectivity index (χ1) is 16.5. The summed E-state index contributed by atoms with van der Waals surface area (Å²) in [5.41, 5.74) is 4.68. The van der Waals surface area contributed by atoms with Crippen LogP contribution in [0, 0.1) is 0 Å². The van der Waals surface area contributed by atoms with Crippen LogP contribution in [0.25, 0.3) is 0 Å². The van der Waals surface area contributed by atoms with E-state index in [1.807, 2.05) is 49.4 Å². The predicted octanol–water partition coefficient (Wildman–Crippen LogP) is 6.41. The van der Waals surface area contributed by atoms with E-state index in [0.717, 1.165) is 15.6 Å². The zero-order valence-corrected chi connectivity index (χ0v) is 20.9. The summed E-state index contributed by atoms with van der Waals surface area (Å²) in [7, 11) is 0. The predicted molar refractivity (Wildman–Crippen MR) is 138 cm³/mol. The number of nitrogens with one attached hydrogen (secondary N) is 1. The molecule has 8 heteroatoms. The number of hydrazone groups is 1. The third-order valence-electron chi connectivity index (χ3n) is 4.48. The second-order valence-electron chi connectivity index (χ2n) is 7.00. The highest BCUT2D eigenvalue weighted by Gasteiger charge is 2.11. The first-order valence-electron chi connectivity index (χ1n) is 10.5. The molecule has 1 N–H and O–H groups in total. The standard InChI is InChI=1S/C26H24BrClN2O4/c1-3-12-33-24-11-9-20(15-25(24)32-4-2)26(31)30-29-16-18-8-10-23(22(27)14-18)34-17-19-6-5-7-21(28)13-19/h3,5-11,13-16H,1,4,12,17H2,2H3,(H,30,31)/b29-16+. The zero-order valence-electron chi connectivity index (χ0n) is 18.6. The highest BCUT2D eigenvalue weighted by molar-refractivity contribution is 9.10. The maximum absolute atomic E-state index is 12.5.